The number of nitrogens with one attached hydrogen (secondary N) is 2. The van der Waals surface area contributed by atoms with Crippen LogP contribution in [0, 0.1) is 0 Å². The summed E-state index contributed by atoms with van der Waals surface area (Å²) in [6.45, 7) is 6.09. The van der Waals surface area contributed by atoms with E-state index in [1.165, 1.54) is 0 Å². The zero-order valence-electron chi connectivity index (χ0n) is 14.8. The summed E-state index contributed by atoms with van der Waals surface area (Å²) in [5.41, 5.74) is 2.47. The van der Waals surface area contributed by atoms with Crippen molar-refractivity contribution in [3.63, 3.8) is 0 Å². The van der Waals surface area contributed by atoms with Crippen LogP contribution in [0.3, 0.4) is 0 Å². The second-order valence-electron chi connectivity index (χ2n) is 5.67. The molecule has 0 saturated carbocycles. The monoisotopic (exact) mass is 339 g/mol. The SMILES string of the molecule is CCN(CC)C(=O)CNc1ccc(C(=O)NCc2ccccc2)cc1. The van der Waals surface area contributed by atoms with Crippen molar-refractivity contribution >= 4 is 17.5 Å². The molecule has 0 unspecified atom stereocenters. The maximum absolute atomic E-state index is 12.2. The number of nitrogens with zero attached hydrogens (tertiary/aromatic N) is 1. The minimum absolute atomic E-state index is 0.0645. The van der Waals surface area contributed by atoms with Gasteiger partial charge in [0.05, 0.1) is 6.54 Å². The maximum Gasteiger partial charge on any atom is 0.251 e. The molecule has 2 aromatic rings. The third-order valence-electron chi connectivity index (χ3n) is 4.00. The lowest BCUT2D eigenvalue weighted by Crippen LogP contribution is -2.35. The lowest BCUT2D eigenvalue weighted by Gasteiger charge is -2.19. The van der Waals surface area contributed by atoms with E-state index in [1.54, 1.807) is 17.0 Å². The molecule has 0 atom stereocenters. The molecule has 132 valence electrons. The van der Waals surface area contributed by atoms with Gasteiger partial charge in [-0.3, -0.25) is 9.59 Å². The number of anilines is 1. The summed E-state index contributed by atoms with van der Waals surface area (Å²) < 4.78 is 0. The molecule has 0 radical (unpaired) electrons. The van der Waals surface area contributed by atoms with Crippen LogP contribution in [0.25, 0.3) is 0 Å². The highest BCUT2D eigenvalue weighted by molar-refractivity contribution is 5.94. The summed E-state index contributed by atoms with van der Waals surface area (Å²) >= 11 is 0. The molecule has 2 aromatic carbocycles. The van der Waals surface area contributed by atoms with Crippen LogP contribution in [0.5, 0.6) is 0 Å². The summed E-state index contributed by atoms with van der Waals surface area (Å²) in [6, 6.07) is 16.9. The molecule has 2 N–H and O–H groups in total. The summed E-state index contributed by atoms with van der Waals surface area (Å²) in [6.07, 6.45) is 0. The Kier molecular flexibility index (Phi) is 7.01. The van der Waals surface area contributed by atoms with Gasteiger partial charge in [0.2, 0.25) is 5.91 Å². The van der Waals surface area contributed by atoms with E-state index in [-0.39, 0.29) is 18.4 Å². The Morgan fingerprint density at radius 2 is 1.56 bits per heavy atom. The van der Waals surface area contributed by atoms with Gasteiger partial charge in [-0.05, 0) is 43.7 Å². The molecule has 25 heavy (non-hydrogen) atoms. The molecular formula is C20H25N3O2. The molecular weight excluding hydrogens is 314 g/mol. The zero-order chi connectivity index (χ0) is 18.1. The highest BCUT2D eigenvalue weighted by Crippen LogP contribution is 2.10. The number of rotatable bonds is 8. The Labute approximate surface area is 149 Å². The second kappa shape index (κ2) is 9.47. The van der Waals surface area contributed by atoms with Crippen LogP contribution in [-0.2, 0) is 11.3 Å². The van der Waals surface area contributed by atoms with E-state index in [2.05, 4.69) is 10.6 Å². The van der Waals surface area contributed by atoms with Crippen LogP contribution in [0.4, 0.5) is 5.69 Å². The third kappa shape index (κ3) is 5.64. The molecule has 0 bridgehead atoms. The smallest absolute Gasteiger partial charge is 0.251 e. The Morgan fingerprint density at radius 1 is 0.920 bits per heavy atom. The lowest BCUT2D eigenvalue weighted by atomic mass is 10.1. The Hall–Kier alpha value is -2.82. The third-order valence-corrected chi connectivity index (χ3v) is 4.00. The van der Waals surface area contributed by atoms with Crippen molar-refractivity contribution in [3.05, 3.63) is 65.7 Å². The average molecular weight is 339 g/mol. The minimum Gasteiger partial charge on any atom is -0.376 e. The fraction of sp³-hybridized carbons (Fsp3) is 0.300. The van der Waals surface area contributed by atoms with Gasteiger partial charge < -0.3 is 15.5 Å². The summed E-state index contributed by atoms with van der Waals surface area (Å²) in [4.78, 5) is 25.9. The predicted octanol–water partition coefficient (Wildman–Crippen LogP) is 2.90. The molecule has 5 nitrogen and oxygen atoms in total. The molecule has 0 heterocycles. The van der Waals surface area contributed by atoms with Crippen LogP contribution in [0.2, 0.25) is 0 Å². The van der Waals surface area contributed by atoms with E-state index in [4.69, 9.17) is 0 Å². The van der Waals surface area contributed by atoms with Gasteiger partial charge in [-0.2, -0.15) is 0 Å². The van der Waals surface area contributed by atoms with Gasteiger partial charge in [0.1, 0.15) is 0 Å². The van der Waals surface area contributed by atoms with Crippen LogP contribution < -0.4 is 10.6 Å². The first-order valence-corrected chi connectivity index (χ1v) is 8.57. The number of benzene rings is 2. The predicted molar refractivity (Wildman–Crippen MR) is 100 cm³/mol. The highest BCUT2D eigenvalue weighted by atomic mass is 16.2. The Morgan fingerprint density at radius 3 is 2.16 bits per heavy atom. The van der Waals surface area contributed by atoms with Crippen LogP contribution in [0.15, 0.2) is 54.6 Å². The summed E-state index contributed by atoms with van der Waals surface area (Å²) in [5.74, 6) is -0.0516. The maximum atomic E-state index is 12.2. The molecule has 0 aliphatic carbocycles. The first-order valence-electron chi connectivity index (χ1n) is 8.57. The van der Waals surface area contributed by atoms with E-state index >= 15 is 0 Å². The number of hydrogen-bond acceptors (Lipinski definition) is 3. The van der Waals surface area contributed by atoms with E-state index in [0.717, 1.165) is 11.3 Å². The van der Waals surface area contributed by atoms with Crippen molar-refractivity contribution < 1.29 is 9.59 Å². The molecule has 0 fully saturated rings. The topological polar surface area (TPSA) is 61.4 Å². The molecule has 0 spiro atoms. The molecule has 0 aliphatic heterocycles. The van der Waals surface area contributed by atoms with Gasteiger partial charge in [-0.25, -0.2) is 0 Å². The Bertz CT molecular complexity index is 680. The quantitative estimate of drug-likeness (QED) is 0.777. The molecule has 5 heteroatoms. The van der Waals surface area contributed by atoms with E-state index in [1.807, 2.05) is 56.3 Å². The van der Waals surface area contributed by atoms with Gasteiger partial charge in [-0.15, -0.1) is 0 Å². The number of amides is 2. The second-order valence-corrected chi connectivity index (χ2v) is 5.67. The molecule has 2 rings (SSSR count). The van der Waals surface area contributed by atoms with Crippen molar-refractivity contribution in [2.24, 2.45) is 0 Å². The van der Waals surface area contributed by atoms with E-state index < -0.39 is 0 Å². The normalized spacial score (nSPS) is 10.2. The number of carbonyl (C=O) groups excluding carboxylic acids is 2. The number of carbonyl (C=O) groups is 2. The largest absolute Gasteiger partial charge is 0.376 e. The number of hydrogen-bond donors (Lipinski definition) is 2. The molecule has 0 aromatic heterocycles. The van der Waals surface area contributed by atoms with Gasteiger partial charge >= 0.3 is 0 Å². The standard InChI is InChI=1S/C20H25N3O2/c1-3-23(4-2)19(24)15-21-18-12-10-17(11-13-18)20(25)22-14-16-8-6-5-7-9-16/h5-13,21H,3-4,14-15H2,1-2H3,(H,22,25). The van der Waals surface area contributed by atoms with Gasteiger partial charge in [0.15, 0.2) is 0 Å². The van der Waals surface area contributed by atoms with Crippen molar-refractivity contribution in [3.8, 4) is 0 Å². The first kappa shape index (κ1) is 18.5. The van der Waals surface area contributed by atoms with E-state index in [9.17, 15) is 9.59 Å². The van der Waals surface area contributed by atoms with Gasteiger partial charge in [0.25, 0.3) is 5.91 Å². The Balaban J connectivity index is 1.84. The van der Waals surface area contributed by atoms with Gasteiger partial charge in [-0.1, -0.05) is 30.3 Å². The van der Waals surface area contributed by atoms with E-state index in [0.29, 0.717) is 25.2 Å². The van der Waals surface area contributed by atoms with Crippen molar-refractivity contribution in [2.75, 3.05) is 25.0 Å². The molecule has 2 amide bonds. The highest BCUT2D eigenvalue weighted by Gasteiger charge is 2.09. The van der Waals surface area contributed by atoms with Crippen LogP contribution in [0.1, 0.15) is 29.8 Å². The van der Waals surface area contributed by atoms with Crippen molar-refractivity contribution in [1.29, 1.82) is 0 Å². The zero-order valence-corrected chi connectivity index (χ0v) is 14.8. The van der Waals surface area contributed by atoms with Crippen LogP contribution in [-0.4, -0.2) is 36.3 Å². The van der Waals surface area contributed by atoms with Crippen LogP contribution >= 0.6 is 0 Å². The van der Waals surface area contributed by atoms with Crippen molar-refractivity contribution in [2.45, 2.75) is 20.4 Å². The lowest BCUT2D eigenvalue weighted by molar-refractivity contribution is -0.128. The number of likely N-dealkylation sites (N-methyl/N-ethyl adjacent to an activating group) is 1. The fourth-order valence-electron chi connectivity index (χ4n) is 2.49. The first-order chi connectivity index (χ1) is 12.1. The van der Waals surface area contributed by atoms with Gasteiger partial charge in [0, 0.05) is 30.9 Å². The molecule has 0 saturated heterocycles. The molecule has 0 aliphatic rings. The average Bonchev–Trinajstić information content (AvgIpc) is 2.66. The summed E-state index contributed by atoms with van der Waals surface area (Å²) in [5, 5.41) is 5.99. The van der Waals surface area contributed by atoms with Crippen molar-refractivity contribution in [1.82, 2.24) is 10.2 Å². The fourth-order valence-corrected chi connectivity index (χ4v) is 2.49. The minimum atomic E-state index is -0.116. The summed E-state index contributed by atoms with van der Waals surface area (Å²) in [7, 11) is 0.